The normalized spacial score (nSPS) is 22.2. The molecule has 7 heteroatoms. The summed E-state index contributed by atoms with van der Waals surface area (Å²) in [4.78, 5) is 31.2. The SMILES string of the molecule is CCCOc1cccc(N2C(=O)C(c3cccs3)=C(N3CC(C)OC(C)C3)C2=O)c1. The van der Waals surface area contributed by atoms with E-state index in [1.54, 1.807) is 12.1 Å². The van der Waals surface area contributed by atoms with Crippen LogP contribution >= 0.6 is 11.3 Å². The van der Waals surface area contributed by atoms with Crippen molar-refractivity contribution >= 4 is 34.4 Å². The van der Waals surface area contributed by atoms with Gasteiger partial charge in [0.2, 0.25) is 0 Å². The van der Waals surface area contributed by atoms with Crippen LogP contribution in [0.4, 0.5) is 5.69 Å². The lowest BCUT2D eigenvalue weighted by Gasteiger charge is -2.37. The lowest BCUT2D eigenvalue weighted by molar-refractivity contribution is -0.121. The molecule has 2 aliphatic rings. The number of hydrogen-bond acceptors (Lipinski definition) is 6. The molecule has 3 heterocycles. The first-order valence-electron chi connectivity index (χ1n) is 10.3. The van der Waals surface area contributed by atoms with E-state index in [0.29, 0.717) is 42.4 Å². The summed E-state index contributed by atoms with van der Waals surface area (Å²) in [6.45, 7) is 7.73. The Morgan fingerprint density at radius 2 is 1.87 bits per heavy atom. The molecule has 0 saturated carbocycles. The van der Waals surface area contributed by atoms with Crippen LogP contribution in [0.3, 0.4) is 0 Å². The van der Waals surface area contributed by atoms with E-state index in [9.17, 15) is 9.59 Å². The molecule has 1 fully saturated rings. The van der Waals surface area contributed by atoms with E-state index in [0.717, 1.165) is 11.3 Å². The predicted molar refractivity (Wildman–Crippen MR) is 118 cm³/mol. The van der Waals surface area contributed by atoms with Crippen LogP contribution in [0, 0.1) is 0 Å². The largest absolute Gasteiger partial charge is 0.494 e. The smallest absolute Gasteiger partial charge is 0.282 e. The number of carbonyl (C=O) groups is 2. The summed E-state index contributed by atoms with van der Waals surface area (Å²) in [5.74, 6) is 0.0592. The molecule has 2 aliphatic heterocycles. The Bertz CT molecular complexity index is 959. The summed E-state index contributed by atoms with van der Waals surface area (Å²) >= 11 is 1.47. The summed E-state index contributed by atoms with van der Waals surface area (Å²) in [6, 6.07) is 11.0. The summed E-state index contributed by atoms with van der Waals surface area (Å²) in [5.41, 5.74) is 1.46. The number of morpholine rings is 1. The minimum atomic E-state index is -0.295. The molecule has 0 bridgehead atoms. The van der Waals surface area contributed by atoms with Crippen LogP contribution in [0.2, 0.25) is 0 Å². The van der Waals surface area contributed by atoms with Gasteiger partial charge in [0.15, 0.2) is 0 Å². The monoisotopic (exact) mass is 426 g/mol. The van der Waals surface area contributed by atoms with Gasteiger partial charge in [-0.1, -0.05) is 19.1 Å². The van der Waals surface area contributed by atoms with Gasteiger partial charge in [-0.05, 0) is 43.8 Å². The second-order valence-corrected chi connectivity index (χ2v) is 8.60. The summed E-state index contributed by atoms with van der Waals surface area (Å²) in [7, 11) is 0. The molecule has 2 atom stereocenters. The van der Waals surface area contributed by atoms with Gasteiger partial charge in [-0.2, -0.15) is 0 Å². The third kappa shape index (κ3) is 3.87. The molecule has 1 aromatic carbocycles. The molecule has 0 radical (unpaired) electrons. The predicted octanol–water partition coefficient (Wildman–Crippen LogP) is 3.93. The van der Waals surface area contributed by atoms with Gasteiger partial charge in [0, 0.05) is 24.0 Å². The van der Waals surface area contributed by atoms with E-state index >= 15 is 0 Å². The number of carbonyl (C=O) groups excluding carboxylic acids is 2. The maximum absolute atomic E-state index is 13.6. The van der Waals surface area contributed by atoms with Gasteiger partial charge >= 0.3 is 0 Å². The lowest BCUT2D eigenvalue weighted by Crippen LogP contribution is -2.47. The van der Waals surface area contributed by atoms with E-state index in [1.807, 2.05) is 55.3 Å². The molecule has 30 heavy (non-hydrogen) atoms. The van der Waals surface area contributed by atoms with Crippen LogP contribution in [0.5, 0.6) is 5.75 Å². The lowest BCUT2D eigenvalue weighted by atomic mass is 10.1. The molecular weight excluding hydrogens is 400 g/mol. The molecular formula is C23H26N2O4S. The van der Waals surface area contributed by atoms with Crippen molar-refractivity contribution < 1.29 is 19.1 Å². The highest BCUT2D eigenvalue weighted by atomic mass is 32.1. The fraction of sp³-hybridized carbons (Fsp3) is 0.391. The fourth-order valence-electron chi connectivity index (χ4n) is 3.98. The molecule has 2 aromatic rings. The number of rotatable bonds is 6. The van der Waals surface area contributed by atoms with Crippen LogP contribution in [0.15, 0.2) is 47.5 Å². The molecule has 158 valence electrons. The summed E-state index contributed by atoms with van der Waals surface area (Å²) in [5, 5.41) is 1.92. The van der Waals surface area contributed by atoms with Crippen molar-refractivity contribution in [2.75, 3.05) is 24.6 Å². The average molecular weight is 427 g/mol. The molecule has 2 unspecified atom stereocenters. The average Bonchev–Trinajstić information content (AvgIpc) is 3.32. The van der Waals surface area contributed by atoms with Gasteiger partial charge in [0.1, 0.15) is 11.4 Å². The van der Waals surface area contributed by atoms with Crippen LogP contribution < -0.4 is 9.64 Å². The number of anilines is 1. The minimum absolute atomic E-state index is 0.0199. The Hall–Kier alpha value is -2.64. The van der Waals surface area contributed by atoms with E-state index < -0.39 is 0 Å². The van der Waals surface area contributed by atoms with Crippen molar-refractivity contribution in [3.63, 3.8) is 0 Å². The highest BCUT2D eigenvalue weighted by Gasteiger charge is 2.44. The van der Waals surface area contributed by atoms with Crippen molar-refractivity contribution in [2.45, 2.75) is 39.4 Å². The Labute approximate surface area is 180 Å². The van der Waals surface area contributed by atoms with Gasteiger partial charge in [0.25, 0.3) is 11.8 Å². The Kier molecular flexibility index (Phi) is 5.92. The highest BCUT2D eigenvalue weighted by molar-refractivity contribution is 7.11. The maximum atomic E-state index is 13.6. The number of benzene rings is 1. The van der Waals surface area contributed by atoms with Crippen molar-refractivity contribution in [3.05, 3.63) is 52.4 Å². The molecule has 0 N–H and O–H groups in total. The molecule has 1 saturated heterocycles. The number of imide groups is 1. The van der Waals surface area contributed by atoms with Gasteiger partial charge in [-0.25, -0.2) is 4.90 Å². The second kappa shape index (κ2) is 8.62. The van der Waals surface area contributed by atoms with E-state index in [-0.39, 0.29) is 24.0 Å². The molecule has 6 nitrogen and oxygen atoms in total. The maximum Gasteiger partial charge on any atom is 0.282 e. The highest BCUT2D eigenvalue weighted by Crippen LogP contribution is 2.38. The second-order valence-electron chi connectivity index (χ2n) is 7.65. The van der Waals surface area contributed by atoms with E-state index in [1.165, 1.54) is 16.2 Å². The van der Waals surface area contributed by atoms with Crippen molar-refractivity contribution in [1.29, 1.82) is 0 Å². The van der Waals surface area contributed by atoms with E-state index in [2.05, 4.69) is 0 Å². The quantitative estimate of drug-likeness (QED) is 0.655. The van der Waals surface area contributed by atoms with Crippen LogP contribution in [-0.2, 0) is 14.3 Å². The zero-order valence-corrected chi connectivity index (χ0v) is 18.3. The third-order valence-corrected chi connectivity index (χ3v) is 6.00. The van der Waals surface area contributed by atoms with E-state index in [4.69, 9.17) is 9.47 Å². The minimum Gasteiger partial charge on any atom is -0.494 e. The molecule has 1 aromatic heterocycles. The number of hydrogen-bond donors (Lipinski definition) is 0. The number of ether oxygens (including phenoxy) is 2. The first-order valence-corrected chi connectivity index (χ1v) is 11.2. The molecule has 2 amide bonds. The van der Waals surface area contributed by atoms with Gasteiger partial charge in [-0.15, -0.1) is 11.3 Å². The zero-order valence-electron chi connectivity index (χ0n) is 17.5. The van der Waals surface area contributed by atoms with Gasteiger partial charge in [0.05, 0.1) is 30.1 Å². The van der Waals surface area contributed by atoms with Gasteiger partial charge < -0.3 is 14.4 Å². The summed E-state index contributed by atoms with van der Waals surface area (Å²) < 4.78 is 11.5. The third-order valence-electron chi connectivity index (χ3n) is 5.11. The summed E-state index contributed by atoms with van der Waals surface area (Å²) in [6.07, 6.45) is 0.843. The number of thiophene rings is 1. The van der Waals surface area contributed by atoms with Crippen LogP contribution in [0.25, 0.3) is 5.57 Å². The first kappa shape index (κ1) is 20.6. The van der Waals surface area contributed by atoms with Crippen molar-refractivity contribution in [2.24, 2.45) is 0 Å². The Morgan fingerprint density at radius 1 is 1.10 bits per heavy atom. The Morgan fingerprint density at radius 3 is 2.53 bits per heavy atom. The fourth-order valence-corrected chi connectivity index (χ4v) is 4.74. The number of amides is 2. The van der Waals surface area contributed by atoms with Crippen molar-refractivity contribution in [1.82, 2.24) is 4.90 Å². The molecule has 0 spiro atoms. The van der Waals surface area contributed by atoms with Crippen molar-refractivity contribution in [3.8, 4) is 5.75 Å². The number of nitrogens with zero attached hydrogens (tertiary/aromatic N) is 2. The van der Waals surface area contributed by atoms with Gasteiger partial charge in [-0.3, -0.25) is 9.59 Å². The zero-order chi connectivity index (χ0) is 21.3. The molecule has 4 rings (SSSR count). The molecule has 0 aliphatic carbocycles. The Balaban J connectivity index is 1.74. The standard InChI is InChI=1S/C23H26N2O4S/c1-4-10-28-18-8-5-7-17(12-18)25-22(26)20(19-9-6-11-30-19)21(23(25)27)24-13-15(2)29-16(3)14-24/h5-9,11-12,15-16H,4,10,13-14H2,1-3H3. The first-order chi connectivity index (χ1) is 14.5. The topological polar surface area (TPSA) is 59.1 Å². The van der Waals surface area contributed by atoms with Crippen LogP contribution in [-0.4, -0.2) is 48.6 Å². The van der Waals surface area contributed by atoms with Crippen LogP contribution in [0.1, 0.15) is 32.1 Å².